The zero-order valence-electron chi connectivity index (χ0n) is 17.3. The van der Waals surface area contributed by atoms with Crippen LogP contribution >= 0.6 is 11.3 Å². The molecule has 3 heterocycles. The number of amides is 1. The van der Waals surface area contributed by atoms with Gasteiger partial charge in [-0.2, -0.15) is 0 Å². The minimum atomic E-state index is -0.614. The summed E-state index contributed by atoms with van der Waals surface area (Å²) >= 11 is 1.77. The molecule has 0 bridgehead atoms. The quantitative estimate of drug-likeness (QED) is 0.608. The van der Waals surface area contributed by atoms with Crippen LogP contribution in [0.5, 0.6) is 0 Å². The van der Waals surface area contributed by atoms with Gasteiger partial charge in [0.15, 0.2) is 12.2 Å². The summed E-state index contributed by atoms with van der Waals surface area (Å²) < 4.78 is 1.35. The molecule has 0 aliphatic carbocycles. The van der Waals surface area contributed by atoms with E-state index >= 15 is 0 Å². The smallest absolute Gasteiger partial charge is 0.330 e. The highest BCUT2D eigenvalue weighted by atomic mass is 32.1. The van der Waals surface area contributed by atoms with Crippen LogP contribution in [0.15, 0.2) is 21.0 Å². The number of anilines is 2. The van der Waals surface area contributed by atoms with Gasteiger partial charge in [-0.1, -0.05) is 13.3 Å². The molecule has 9 heteroatoms. The van der Waals surface area contributed by atoms with Gasteiger partial charge in [-0.05, 0) is 31.7 Å². The Morgan fingerprint density at radius 2 is 2.17 bits per heavy atom. The average molecular weight is 421 g/mol. The molecule has 158 valence electrons. The molecule has 2 aromatic rings. The van der Waals surface area contributed by atoms with Crippen molar-refractivity contribution >= 4 is 28.7 Å². The number of H-pyrrole nitrogens is 1. The number of nitrogens with two attached hydrogens (primary N) is 1. The maximum atomic E-state index is 13.2. The Bertz CT molecular complexity index is 993. The Morgan fingerprint density at radius 3 is 2.86 bits per heavy atom. The van der Waals surface area contributed by atoms with Crippen molar-refractivity contribution < 1.29 is 9.69 Å². The van der Waals surface area contributed by atoms with E-state index in [4.69, 9.17) is 5.73 Å². The lowest BCUT2D eigenvalue weighted by atomic mass is 10.0. The molecule has 2 atom stereocenters. The molecule has 8 nitrogen and oxygen atoms in total. The molecule has 1 aliphatic heterocycles. The van der Waals surface area contributed by atoms with Gasteiger partial charge in [0.05, 0.1) is 6.54 Å². The Morgan fingerprint density at radius 1 is 1.41 bits per heavy atom. The minimum absolute atomic E-state index is 0.0595. The number of nitrogen functional groups attached to an aromatic ring is 1. The van der Waals surface area contributed by atoms with Crippen molar-refractivity contribution in [1.82, 2.24) is 9.55 Å². The van der Waals surface area contributed by atoms with Gasteiger partial charge in [0.25, 0.3) is 11.5 Å². The van der Waals surface area contributed by atoms with E-state index in [2.05, 4.69) is 23.4 Å². The first-order valence-corrected chi connectivity index (χ1v) is 11.1. The first-order valence-electron chi connectivity index (χ1n) is 10.2. The number of carbonyl (C=O) groups is 1. The molecular formula is C20H30N5O3S+. The van der Waals surface area contributed by atoms with Gasteiger partial charge in [-0.3, -0.25) is 24.0 Å². The van der Waals surface area contributed by atoms with Crippen molar-refractivity contribution in [3.63, 3.8) is 0 Å². The third-order valence-corrected chi connectivity index (χ3v) is 6.74. The highest BCUT2D eigenvalue weighted by Gasteiger charge is 2.32. The number of rotatable bonds is 7. The first kappa shape index (κ1) is 21.3. The number of fused-ring (bicyclic) bond motifs is 1. The second kappa shape index (κ2) is 8.96. The summed E-state index contributed by atoms with van der Waals surface area (Å²) in [6.45, 7) is 7.82. The third-order valence-electron chi connectivity index (χ3n) is 5.75. The van der Waals surface area contributed by atoms with Gasteiger partial charge in [0.1, 0.15) is 11.9 Å². The van der Waals surface area contributed by atoms with Crippen molar-refractivity contribution in [2.24, 2.45) is 0 Å². The summed E-state index contributed by atoms with van der Waals surface area (Å²) in [6, 6.07) is 2.36. The third kappa shape index (κ3) is 4.16. The van der Waals surface area contributed by atoms with Crippen molar-refractivity contribution in [3.05, 3.63) is 42.7 Å². The molecule has 3 rings (SSSR count). The number of hydrogen-bond acceptors (Lipinski definition) is 5. The van der Waals surface area contributed by atoms with E-state index in [0.29, 0.717) is 13.1 Å². The molecule has 29 heavy (non-hydrogen) atoms. The maximum absolute atomic E-state index is 13.2. The number of unbranched alkanes of at least 4 members (excludes halogenated alkanes) is 1. The Balaban J connectivity index is 1.87. The van der Waals surface area contributed by atoms with Crippen LogP contribution in [0.4, 0.5) is 11.5 Å². The zero-order valence-corrected chi connectivity index (χ0v) is 18.1. The molecule has 2 aromatic heterocycles. The minimum Gasteiger partial charge on any atom is -0.383 e. The summed E-state index contributed by atoms with van der Waals surface area (Å²) in [6.07, 6.45) is 2.60. The summed E-state index contributed by atoms with van der Waals surface area (Å²) in [4.78, 5) is 44.2. The fourth-order valence-corrected chi connectivity index (χ4v) is 5.00. The van der Waals surface area contributed by atoms with Crippen molar-refractivity contribution in [1.29, 1.82) is 0 Å². The van der Waals surface area contributed by atoms with E-state index in [-0.39, 0.29) is 30.0 Å². The van der Waals surface area contributed by atoms with Crippen LogP contribution in [-0.4, -0.2) is 35.1 Å². The van der Waals surface area contributed by atoms with E-state index in [1.165, 1.54) is 24.8 Å². The van der Waals surface area contributed by atoms with Crippen LogP contribution in [0.1, 0.15) is 50.1 Å². The van der Waals surface area contributed by atoms with Crippen LogP contribution in [0.25, 0.3) is 0 Å². The second-order valence-electron chi connectivity index (χ2n) is 7.49. The summed E-state index contributed by atoms with van der Waals surface area (Å²) in [5.41, 5.74) is 6.43. The molecule has 0 saturated heterocycles. The molecule has 0 radical (unpaired) electrons. The number of likely N-dealkylation sites (N-methyl/N-ethyl adjacent to an activating group) is 1. The molecule has 0 saturated carbocycles. The van der Waals surface area contributed by atoms with Crippen LogP contribution in [0, 0.1) is 0 Å². The molecule has 1 unspecified atom stereocenters. The lowest BCUT2D eigenvalue weighted by molar-refractivity contribution is -0.924. The fourth-order valence-electron chi connectivity index (χ4n) is 4.02. The molecule has 1 amide bonds. The van der Waals surface area contributed by atoms with Crippen molar-refractivity contribution in [3.8, 4) is 0 Å². The van der Waals surface area contributed by atoms with Crippen LogP contribution in [0.3, 0.4) is 0 Å². The Labute approximate surface area is 173 Å². The van der Waals surface area contributed by atoms with Gasteiger partial charge in [-0.25, -0.2) is 4.79 Å². The number of thiophene rings is 1. The average Bonchev–Trinajstić information content (AvgIpc) is 3.16. The number of nitrogens with zero attached hydrogens (tertiary/aromatic N) is 2. The number of quaternary nitrogens is 1. The van der Waals surface area contributed by atoms with Crippen LogP contribution in [-0.2, 0) is 17.8 Å². The largest absolute Gasteiger partial charge is 0.383 e. The standard InChI is InChI=1S/C20H29N5O3S/c1-4-6-9-25-18(21)17(19(27)22-20(25)28)24(5-2)16(26)12-23-10-7-15-14(13(23)3)8-11-29-15/h8,11,13H,4-7,9-10,12,21H2,1-3H3,(H,22,27,28)/p+1/t13-/m0/s1. The number of aromatic nitrogens is 2. The lowest BCUT2D eigenvalue weighted by Gasteiger charge is -2.32. The number of nitrogens with one attached hydrogen (secondary N) is 2. The topological polar surface area (TPSA) is 106 Å². The predicted octanol–water partition coefficient (Wildman–Crippen LogP) is 0.536. The normalized spacial score (nSPS) is 18.4. The molecule has 0 fully saturated rings. The lowest BCUT2D eigenvalue weighted by Crippen LogP contribution is -3.14. The second-order valence-corrected chi connectivity index (χ2v) is 8.49. The number of hydrogen-bond donors (Lipinski definition) is 3. The monoisotopic (exact) mass is 420 g/mol. The zero-order chi connectivity index (χ0) is 21.1. The van der Waals surface area contributed by atoms with Crippen LogP contribution < -0.4 is 26.8 Å². The first-order chi connectivity index (χ1) is 13.9. The molecule has 4 N–H and O–H groups in total. The van der Waals surface area contributed by atoms with Gasteiger partial charge in [0.2, 0.25) is 0 Å². The van der Waals surface area contributed by atoms with E-state index in [1.54, 1.807) is 11.3 Å². The fraction of sp³-hybridized carbons (Fsp3) is 0.550. The Kier molecular flexibility index (Phi) is 6.59. The van der Waals surface area contributed by atoms with Gasteiger partial charge < -0.3 is 10.6 Å². The molecule has 1 aliphatic rings. The van der Waals surface area contributed by atoms with E-state index < -0.39 is 11.2 Å². The molecule has 0 spiro atoms. The molecule has 0 aromatic carbocycles. The summed E-state index contributed by atoms with van der Waals surface area (Å²) in [5.74, 6) is -0.102. The van der Waals surface area contributed by atoms with Gasteiger partial charge >= 0.3 is 5.69 Å². The van der Waals surface area contributed by atoms with Gasteiger partial charge in [-0.15, -0.1) is 11.3 Å². The summed E-state index contributed by atoms with van der Waals surface area (Å²) in [5, 5.41) is 2.10. The highest BCUT2D eigenvalue weighted by molar-refractivity contribution is 7.10. The highest BCUT2D eigenvalue weighted by Crippen LogP contribution is 2.24. The van der Waals surface area contributed by atoms with Crippen molar-refractivity contribution in [2.45, 2.75) is 52.6 Å². The van der Waals surface area contributed by atoms with E-state index in [9.17, 15) is 14.4 Å². The summed E-state index contributed by atoms with van der Waals surface area (Å²) in [7, 11) is 0. The predicted molar refractivity (Wildman–Crippen MR) is 116 cm³/mol. The molecular weight excluding hydrogens is 390 g/mol. The van der Waals surface area contributed by atoms with E-state index in [1.807, 2.05) is 13.8 Å². The SMILES string of the molecule is CCCCn1c(N)c(N(CC)C(=O)C[NH+]2CCc3sccc3[C@@H]2C)c(=O)[nH]c1=O. The van der Waals surface area contributed by atoms with Gasteiger partial charge in [0, 0.05) is 30.0 Å². The number of aromatic amines is 1. The Hall–Kier alpha value is -2.39. The van der Waals surface area contributed by atoms with E-state index in [0.717, 1.165) is 25.8 Å². The van der Waals surface area contributed by atoms with Crippen molar-refractivity contribution in [2.75, 3.05) is 30.3 Å². The maximum Gasteiger partial charge on any atom is 0.330 e. The number of carbonyl (C=O) groups excluding carboxylic acids is 1. The van der Waals surface area contributed by atoms with Crippen LogP contribution in [0.2, 0.25) is 0 Å².